The normalized spacial score (nSPS) is 49.7. The second-order valence-corrected chi connectivity index (χ2v) is 3.17. The molecule has 54 valence electrons. The average Bonchev–Trinajstić information content (AvgIpc) is 2.07. The summed E-state index contributed by atoms with van der Waals surface area (Å²) < 4.78 is 45.8. The van der Waals surface area contributed by atoms with Gasteiger partial charge in [0.15, 0.2) is 0 Å². The van der Waals surface area contributed by atoms with Gasteiger partial charge in [0.05, 0.1) is 0 Å². The lowest BCUT2D eigenvalue weighted by atomic mass is 10.1. The van der Waals surface area contributed by atoms with Gasteiger partial charge >= 0.3 is 0 Å². The van der Waals surface area contributed by atoms with Crippen LogP contribution in [0.1, 0.15) is 41.7 Å². The smallest absolute Gasteiger partial charge is 0.0431 e. The van der Waals surface area contributed by atoms with Gasteiger partial charge in [-0.15, -0.1) is 0 Å². The van der Waals surface area contributed by atoms with E-state index in [-0.39, 0.29) is 6.54 Å². The van der Waals surface area contributed by atoms with Crippen LogP contribution in [0.4, 0.5) is 0 Å². The molecule has 0 aromatic rings. The second-order valence-electron chi connectivity index (χ2n) is 3.17. The highest BCUT2D eigenvalue weighted by Crippen LogP contribution is 2.19. The Morgan fingerprint density at radius 1 is 1.33 bits per heavy atom. The summed E-state index contributed by atoms with van der Waals surface area (Å²) in [6.07, 6.45) is -4.66. The quantitative estimate of drug-likeness (QED) is 0.487. The van der Waals surface area contributed by atoms with Crippen molar-refractivity contribution in [1.82, 2.24) is 4.90 Å². The minimum atomic E-state index is -2.49. The molecule has 0 unspecified atom stereocenters. The highest BCUT2D eigenvalue weighted by atomic mass is 15.2. The van der Waals surface area contributed by atoms with Gasteiger partial charge < -0.3 is 0 Å². The zero-order chi connectivity index (χ0) is 12.3. The van der Waals surface area contributed by atoms with E-state index in [9.17, 15) is 0 Å². The molecular weight excluding hydrogens is 110 g/mol. The Hall–Kier alpha value is -0.0400. The molecule has 1 nitrogen and oxygen atoms in total. The van der Waals surface area contributed by atoms with Crippen LogP contribution in [0, 0.1) is 0 Å². The van der Waals surface area contributed by atoms with E-state index in [1.54, 1.807) is 20.8 Å². The van der Waals surface area contributed by atoms with E-state index < -0.39 is 24.8 Å². The van der Waals surface area contributed by atoms with Crippen molar-refractivity contribution >= 4 is 0 Å². The summed E-state index contributed by atoms with van der Waals surface area (Å²) in [4.78, 5) is 1.25. The fourth-order valence-corrected chi connectivity index (χ4v) is 0.670. The van der Waals surface area contributed by atoms with Crippen LogP contribution in [0.25, 0.3) is 0 Å². The van der Waals surface area contributed by atoms with E-state index in [0.29, 0.717) is 0 Å². The first-order valence-corrected chi connectivity index (χ1v) is 3.12. The van der Waals surface area contributed by atoms with Gasteiger partial charge in [0.2, 0.25) is 0 Å². The molecular formula is C8H17N. The lowest BCUT2D eigenvalue weighted by Crippen LogP contribution is -2.38. The van der Waals surface area contributed by atoms with Gasteiger partial charge in [-0.1, -0.05) is 0 Å². The maximum Gasteiger partial charge on any atom is 0.0431 e. The first-order valence-electron chi connectivity index (χ1n) is 6.12. The molecule has 0 aliphatic carbocycles. The molecule has 1 fully saturated rings. The highest BCUT2D eigenvalue weighted by molar-refractivity contribution is 4.79. The van der Waals surface area contributed by atoms with Crippen molar-refractivity contribution in [2.75, 3.05) is 13.0 Å². The van der Waals surface area contributed by atoms with Crippen LogP contribution in [0.15, 0.2) is 0 Å². The fraction of sp³-hybridized carbons (Fsp3) is 1.00. The summed E-state index contributed by atoms with van der Waals surface area (Å²) in [5.41, 5.74) is -0.597. The monoisotopic (exact) mass is 133 g/mol. The van der Waals surface area contributed by atoms with Gasteiger partial charge in [-0.3, -0.25) is 4.90 Å². The largest absolute Gasteiger partial charge is 0.298 e. The Kier molecular flexibility index (Phi) is 0.647. The van der Waals surface area contributed by atoms with Crippen LogP contribution in [-0.4, -0.2) is 23.5 Å². The molecule has 0 N–H and O–H groups in total. The Balaban J connectivity index is 3.20. The highest BCUT2D eigenvalue weighted by Gasteiger charge is 2.23. The van der Waals surface area contributed by atoms with E-state index in [1.165, 1.54) is 4.90 Å². The lowest BCUT2D eigenvalue weighted by Gasteiger charge is -2.31. The summed E-state index contributed by atoms with van der Waals surface area (Å²) in [5.74, 6) is 0. The Labute approximate surface area is 66.5 Å². The van der Waals surface area contributed by atoms with Crippen LogP contribution < -0.4 is 0 Å². The van der Waals surface area contributed by atoms with E-state index in [4.69, 9.17) is 8.22 Å². The molecule has 0 amide bonds. The van der Waals surface area contributed by atoms with Gasteiger partial charge in [-0.05, 0) is 46.6 Å². The van der Waals surface area contributed by atoms with Gasteiger partial charge in [0.25, 0.3) is 0 Å². The number of hydrogen-bond acceptors (Lipinski definition) is 1. The predicted octanol–water partition coefficient (Wildman–Crippen LogP) is 1.88. The third-order valence-corrected chi connectivity index (χ3v) is 1.33. The van der Waals surface area contributed by atoms with Crippen molar-refractivity contribution < 1.29 is 8.22 Å². The number of hydrogen-bond donors (Lipinski definition) is 0. The molecule has 1 aliphatic rings. The maximum absolute atomic E-state index is 7.74. The van der Waals surface area contributed by atoms with Crippen molar-refractivity contribution in [3.05, 3.63) is 0 Å². The molecule has 0 bridgehead atoms. The van der Waals surface area contributed by atoms with Crippen LogP contribution in [-0.2, 0) is 0 Å². The molecule has 0 aromatic carbocycles. The lowest BCUT2D eigenvalue weighted by molar-refractivity contribution is 0.175. The van der Waals surface area contributed by atoms with E-state index in [1.807, 2.05) is 0 Å². The Bertz CT molecular complexity index is 267. The van der Waals surface area contributed by atoms with Crippen LogP contribution >= 0.6 is 0 Å². The minimum absolute atomic E-state index is 0.226. The minimum Gasteiger partial charge on any atom is -0.298 e. The zero-order valence-electron chi connectivity index (χ0n) is 12.2. The third-order valence-electron chi connectivity index (χ3n) is 1.33. The van der Waals surface area contributed by atoms with E-state index >= 15 is 0 Å². The van der Waals surface area contributed by atoms with Crippen molar-refractivity contribution in [1.29, 1.82) is 0 Å². The summed E-state index contributed by atoms with van der Waals surface area (Å²) in [6.45, 7) is 2.75. The molecule has 0 atom stereocenters. The predicted molar refractivity (Wildman–Crippen MR) is 40.6 cm³/mol. The summed E-state index contributed by atoms with van der Waals surface area (Å²) in [7, 11) is 0. The molecule has 0 aromatic heterocycles. The number of rotatable bonds is 0. The summed E-state index contributed by atoms with van der Waals surface area (Å²) >= 11 is 0. The van der Waals surface area contributed by atoms with Crippen LogP contribution in [0.3, 0.4) is 0 Å². The average molecular weight is 133 g/mol. The molecule has 1 rings (SSSR count). The summed E-state index contributed by atoms with van der Waals surface area (Å²) in [6, 6.07) is 0. The first kappa shape index (κ1) is 2.54. The van der Waals surface area contributed by atoms with Crippen molar-refractivity contribution in [2.24, 2.45) is 0 Å². The zero-order valence-corrected chi connectivity index (χ0v) is 6.15. The molecule has 1 saturated heterocycles. The fourth-order valence-electron chi connectivity index (χ4n) is 0.670. The Morgan fingerprint density at radius 3 is 2.22 bits per heavy atom. The standard InChI is InChI=1S/C8H17N/c1-8(2,3)9-6-4-5-7-9/h4-7H2,1-3H3/i4D2,5D2,6D2. The SMILES string of the molecule is [2H]C1([2H])CN(C(C)(C)C)C([2H])([2H])C1([2H])[2H]. The van der Waals surface area contributed by atoms with Gasteiger partial charge in [0, 0.05) is 13.8 Å². The van der Waals surface area contributed by atoms with E-state index in [2.05, 4.69) is 0 Å². The van der Waals surface area contributed by atoms with Crippen LogP contribution in [0.2, 0.25) is 0 Å². The molecule has 0 saturated carbocycles. The second kappa shape index (κ2) is 2.30. The van der Waals surface area contributed by atoms with Crippen molar-refractivity contribution in [2.45, 2.75) is 39.1 Å². The van der Waals surface area contributed by atoms with Crippen molar-refractivity contribution in [3.63, 3.8) is 0 Å². The third kappa shape index (κ3) is 1.68. The summed E-state index contributed by atoms with van der Waals surface area (Å²) in [5, 5.41) is 0. The topological polar surface area (TPSA) is 3.24 Å². The Morgan fingerprint density at radius 2 is 2.00 bits per heavy atom. The van der Waals surface area contributed by atoms with Crippen molar-refractivity contribution in [3.8, 4) is 0 Å². The van der Waals surface area contributed by atoms with E-state index in [0.717, 1.165) is 0 Å². The molecule has 1 aliphatic heterocycles. The van der Waals surface area contributed by atoms with Crippen LogP contribution in [0.5, 0.6) is 0 Å². The maximum atomic E-state index is 7.74. The molecule has 1 heterocycles. The molecule has 0 spiro atoms. The number of nitrogens with zero attached hydrogens (tertiary/aromatic N) is 1. The molecule has 0 radical (unpaired) electrons. The van der Waals surface area contributed by atoms with Gasteiger partial charge in [0.1, 0.15) is 0 Å². The first-order chi connectivity index (χ1) is 6.34. The van der Waals surface area contributed by atoms with Gasteiger partial charge in [-0.2, -0.15) is 0 Å². The van der Waals surface area contributed by atoms with Gasteiger partial charge in [-0.25, -0.2) is 0 Å². The molecule has 9 heavy (non-hydrogen) atoms. The molecule has 1 heteroatoms. The number of likely N-dealkylation sites (tertiary alicyclic amines) is 1.